The van der Waals surface area contributed by atoms with Crippen molar-refractivity contribution in [1.82, 2.24) is 9.78 Å². The second kappa shape index (κ2) is 8.94. The summed E-state index contributed by atoms with van der Waals surface area (Å²) in [5.74, 6) is 0.730. The summed E-state index contributed by atoms with van der Waals surface area (Å²) < 4.78 is 1.36. The molecule has 1 N–H and O–H groups in total. The number of halogens is 1. The molecule has 0 unspecified atom stereocenters. The molecule has 2 aromatic carbocycles. The van der Waals surface area contributed by atoms with Crippen LogP contribution in [0.25, 0.3) is 5.69 Å². The van der Waals surface area contributed by atoms with Crippen LogP contribution in [0.1, 0.15) is 24.0 Å². The van der Waals surface area contributed by atoms with Crippen LogP contribution in [0.3, 0.4) is 0 Å². The van der Waals surface area contributed by atoms with Gasteiger partial charge in [0.2, 0.25) is 5.91 Å². The molecular formula is C24H25ClN4O2. The molecule has 1 aliphatic rings. The molecule has 4 rings (SSSR count). The van der Waals surface area contributed by atoms with Crippen LogP contribution >= 0.6 is 11.6 Å². The molecule has 1 amide bonds. The van der Waals surface area contributed by atoms with E-state index in [-0.39, 0.29) is 17.4 Å². The van der Waals surface area contributed by atoms with Crippen molar-refractivity contribution in [3.05, 3.63) is 81.1 Å². The minimum Gasteiger partial charge on any atom is -0.355 e. The largest absolute Gasteiger partial charge is 0.355 e. The molecule has 31 heavy (non-hydrogen) atoms. The molecule has 1 aliphatic heterocycles. The number of rotatable bonds is 4. The molecule has 0 radical (unpaired) electrons. The molecule has 0 spiro atoms. The van der Waals surface area contributed by atoms with Gasteiger partial charge in [-0.2, -0.15) is 4.68 Å². The zero-order valence-electron chi connectivity index (χ0n) is 17.6. The van der Waals surface area contributed by atoms with E-state index in [2.05, 4.69) is 15.3 Å². The van der Waals surface area contributed by atoms with Crippen molar-refractivity contribution in [2.45, 2.75) is 26.7 Å². The second-order valence-corrected chi connectivity index (χ2v) is 8.43. The minimum absolute atomic E-state index is 0.0463. The molecular weight excluding hydrogens is 412 g/mol. The molecule has 2 heterocycles. The van der Waals surface area contributed by atoms with Crippen LogP contribution in [-0.2, 0) is 4.79 Å². The molecule has 3 aromatic rings. The SMILES string of the molecule is Cc1ccc(C)c(NC(=O)C2CCN(c3ccc(=O)n(-c4cccc(Cl)c4)n3)CC2)c1. The molecule has 0 saturated carbocycles. The molecule has 0 aliphatic carbocycles. The van der Waals surface area contributed by atoms with Gasteiger partial charge >= 0.3 is 0 Å². The van der Waals surface area contributed by atoms with Gasteiger partial charge in [0.25, 0.3) is 5.56 Å². The molecule has 6 nitrogen and oxygen atoms in total. The minimum atomic E-state index is -0.214. The molecule has 1 saturated heterocycles. The van der Waals surface area contributed by atoms with Gasteiger partial charge < -0.3 is 10.2 Å². The van der Waals surface area contributed by atoms with E-state index in [4.69, 9.17) is 11.6 Å². The van der Waals surface area contributed by atoms with Crippen LogP contribution in [0.15, 0.2) is 59.4 Å². The summed E-state index contributed by atoms with van der Waals surface area (Å²) in [6.07, 6.45) is 1.46. The van der Waals surface area contributed by atoms with Gasteiger partial charge in [0.05, 0.1) is 5.69 Å². The number of piperidine rings is 1. The summed E-state index contributed by atoms with van der Waals surface area (Å²) >= 11 is 6.07. The Kier molecular flexibility index (Phi) is 6.09. The van der Waals surface area contributed by atoms with Crippen molar-refractivity contribution >= 4 is 29.0 Å². The fourth-order valence-corrected chi connectivity index (χ4v) is 4.02. The number of hydrogen-bond acceptors (Lipinski definition) is 4. The summed E-state index contributed by atoms with van der Waals surface area (Å²) in [5, 5.41) is 8.17. The van der Waals surface area contributed by atoms with Crippen molar-refractivity contribution in [3.8, 4) is 5.69 Å². The van der Waals surface area contributed by atoms with Gasteiger partial charge in [-0.05, 0) is 68.1 Å². The molecule has 1 aromatic heterocycles. The Bertz CT molecular complexity index is 1170. The van der Waals surface area contributed by atoms with E-state index in [0.717, 1.165) is 29.7 Å². The third kappa shape index (κ3) is 4.80. The first kappa shape index (κ1) is 21.1. The standard InChI is InChI=1S/C24H25ClN4O2/c1-16-6-7-17(2)21(14-16)26-24(31)18-10-12-28(13-11-18)22-8-9-23(30)29(27-22)20-5-3-4-19(25)15-20/h3-9,14-15,18H,10-13H2,1-2H3,(H,26,31). The van der Waals surface area contributed by atoms with Gasteiger partial charge in [-0.3, -0.25) is 9.59 Å². The van der Waals surface area contributed by atoms with Gasteiger partial charge in [-0.15, -0.1) is 5.10 Å². The normalized spacial score (nSPS) is 14.5. The predicted octanol–water partition coefficient (Wildman–Crippen LogP) is 4.36. The highest BCUT2D eigenvalue weighted by Crippen LogP contribution is 2.24. The maximum absolute atomic E-state index is 12.8. The van der Waals surface area contributed by atoms with Gasteiger partial charge in [0.15, 0.2) is 0 Å². The van der Waals surface area contributed by atoms with Crippen molar-refractivity contribution in [2.24, 2.45) is 5.92 Å². The number of nitrogens with zero attached hydrogens (tertiary/aromatic N) is 3. The Morgan fingerprint density at radius 1 is 1.06 bits per heavy atom. The molecule has 0 atom stereocenters. The van der Waals surface area contributed by atoms with Crippen LogP contribution in [0.5, 0.6) is 0 Å². The Hall–Kier alpha value is -3.12. The van der Waals surface area contributed by atoms with E-state index >= 15 is 0 Å². The average molecular weight is 437 g/mol. The lowest BCUT2D eigenvalue weighted by atomic mass is 9.95. The molecule has 0 bridgehead atoms. The molecule has 7 heteroatoms. The van der Waals surface area contributed by atoms with E-state index in [1.807, 2.05) is 32.0 Å². The van der Waals surface area contributed by atoms with Crippen LogP contribution < -0.4 is 15.8 Å². The predicted molar refractivity (Wildman–Crippen MR) is 124 cm³/mol. The van der Waals surface area contributed by atoms with E-state index in [1.54, 1.807) is 30.3 Å². The first-order valence-electron chi connectivity index (χ1n) is 10.4. The number of nitrogens with one attached hydrogen (secondary N) is 1. The summed E-state index contributed by atoms with van der Waals surface area (Å²) in [6.45, 7) is 5.42. The summed E-state index contributed by atoms with van der Waals surface area (Å²) in [5.41, 5.74) is 3.47. The van der Waals surface area contributed by atoms with Gasteiger partial charge in [0.1, 0.15) is 5.82 Å². The monoisotopic (exact) mass is 436 g/mol. The number of hydrogen-bond donors (Lipinski definition) is 1. The second-order valence-electron chi connectivity index (χ2n) is 7.99. The summed E-state index contributed by atoms with van der Waals surface area (Å²) in [4.78, 5) is 27.2. The van der Waals surface area contributed by atoms with Crippen molar-refractivity contribution < 1.29 is 4.79 Å². The number of carbonyl (C=O) groups excluding carboxylic acids is 1. The van der Waals surface area contributed by atoms with Crippen molar-refractivity contribution in [3.63, 3.8) is 0 Å². The third-order valence-electron chi connectivity index (χ3n) is 5.68. The zero-order chi connectivity index (χ0) is 22.0. The average Bonchev–Trinajstić information content (AvgIpc) is 2.77. The summed E-state index contributed by atoms with van der Waals surface area (Å²) in [6, 6.07) is 16.4. The van der Waals surface area contributed by atoms with Crippen LogP contribution in [0, 0.1) is 19.8 Å². The number of benzene rings is 2. The van der Waals surface area contributed by atoms with E-state index in [1.165, 1.54) is 10.7 Å². The van der Waals surface area contributed by atoms with Crippen molar-refractivity contribution in [1.29, 1.82) is 0 Å². The smallest absolute Gasteiger partial charge is 0.271 e. The Labute approximate surface area is 186 Å². The fourth-order valence-electron chi connectivity index (χ4n) is 3.84. The molecule has 1 fully saturated rings. The quantitative estimate of drug-likeness (QED) is 0.660. The zero-order valence-corrected chi connectivity index (χ0v) is 18.4. The lowest BCUT2D eigenvalue weighted by Gasteiger charge is -2.32. The number of carbonyl (C=O) groups is 1. The number of aromatic nitrogens is 2. The number of amides is 1. The number of aryl methyl sites for hydroxylation is 2. The number of anilines is 2. The molecule has 160 valence electrons. The lowest BCUT2D eigenvalue weighted by molar-refractivity contribution is -0.120. The van der Waals surface area contributed by atoms with E-state index in [9.17, 15) is 9.59 Å². The van der Waals surface area contributed by atoms with E-state index in [0.29, 0.717) is 29.6 Å². The topological polar surface area (TPSA) is 67.2 Å². The highest BCUT2D eigenvalue weighted by molar-refractivity contribution is 6.30. The van der Waals surface area contributed by atoms with Crippen LogP contribution in [-0.4, -0.2) is 28.8 Å². The third-order valence-corrected chi connectivity index (χ3v) is 5.91. The van der Waals surface area contributed by atoms with E-state index < -0.39 is 0 Å². The Balaban J connectivity index is 1.44. The fraction of sp³-hybridized carbons (Fsp3) is 0.292. The lowest BCUT2D eigenvalue weighted by Crippen LogP contribution is -2.39. The first-order chi connectivity index (χ1) is 14.9. The van der Waals surface area contributed by atoms with Gasteiger partial charge in [0, 0.05) is 35.8 Å². The van der Waals surface area contributed by atoms with Crippen LogP contribution in [0.4, 0.5) is 11.5 Å². The van der Waals surface area contributed by atoms with Gasteiger partial charge in [-0.1, -0.05) is 29.8 Å². The maximum atomic E-state index is 12.8. The van der Waals surface area contributed by atoms with Crippen LogP contribution in [0.2, 0.25) is 5.02 Å². The Morgan fingerprint density at radius 3 is 2.58 bits per heavy atom. The Morgan fingerprint density at radius 2 is 1.84 bits per heavy atom. The first-order valence-corrected chi connectivity index (χ1v) is 10.8. The highest BCUT2D eigenvalue weighted by Gasteiger charge is 2.26. The summed E-state index contributed by atoms with van der Waals surface area (Å²) in [7, 11) is 0. The maximum Gasteiger partial charge on any atom is 0.271 e. The highest BCUT2D eigenvalue weighted by atomic mass is 35.5. The van der Waals surface area contributed by atoms with Gasteiger partial charge in [-0.25, -0.2) is 0 Å². The van der Waals surface area contributed by atoms with Crippen molar-refractivity contribution in [2.75, 3.05) is 23.3 Å².